The summed E-state index contributed by atoms with van der Waals surface area (Å²) in [4.78, 5) is 11.2. The molecular formula is C12H17N3O2. The first-order chi connectivity index (χ1) is 8.08. The Morgan fingerprint density at radius 2 is 2.24 bits per heavy atom. The molecule has 0 radical (unpaired) electrons. The highest BCUT2D eigenvalue weighted by molar-refractivity contribution is 5.99. The van der Waals surface area contributed by atoms with Crippen molar-refractivity contribution in [3.05, 3.63) is 23.8 Å². The van der Waals surface area contributed by atoms with E-state index in [0.29, 0.717) is 29.4 Å². The fourth-order valence-electron chi connectivity index (χ4n) is 1.79. The van der Waals surface area contributed by atoms with Crippen molar-refractivity contribution in [1.29, 1.82) is 0 Å². The lowest BCUT2D eigenvalue weighted by Gasteiger charge is -2.14. The number of primary amides is 1. The van der Waals surface area contributed by atoms with Gasteiger partial charge in [-0.05, 0) is 37.0 Å². The predicted molar refractivity (Wildman–Crippen MR) is 66.6 cm³/mol. The summed E-state index contributed by atoms with van der Waals surface area (Å²) in [6, 6.07) is 4.87. The zero-order valence-electron chi connectivity index (χ0n) is 9.52. The van der Waals surface area contributed by atoms with E-state index in [4.69, 9.17) is 11.5 Å². The lowest BCUT2D eigenvalue weighted by Crippen LogP contribution is -2.23. The Morgan fingerprint density at radius 3 is 2.82 bits per heavy atom. The smallest absolute Gasteiger partial charge is 0.250 e. The monoisotopic (exact) mass is 235 g/mol. The summed E-state index contributed by atoms with van der Waals surface area (Å²) in [5, 5.41) is 12.8. The van der Waals surface area contributed by atoms with Crippen LogP contribution in [-0.4, -0.2) is 23.7 Å². The first kappa shape index (κ1) is 11.7. The number of nitrogen functional groups attached to an aromatic ring is 1. The normalized spacial score (nSPS) is 16.5. The third kappa shape index (κ3) is 2.88. The second-order valence-electron chi connectivity index (χ2n) is 4.45. The number of benzene rings is 1. The Hall–Kier alpha value is -1.75. The highest BCUT2D eigenvalue weighted by Gasteiger charge is 2.29. The van der Waals surface area contributed by atoms with E-state index < -0.39 is 5.91 Å². The van der Waals surface area contributed by atoms with E-state index in [0.717, 1.165) is 12.8 Å². The largest absolute Gasteiger partial charge is 0.399 e. The van der Waals surface area contributed by atoms with Crippen molar-refractivity contribution in [1.82, 2.24) is 0 Å². The maximum atomic E-state index is 11.2. The fraction of sp³-hybridized carbons (Fsp3) is 0.417. The molecule has 1 atom stereocenters. The number of hydrogen-bond acceptors (Lipinski definition) is 4. The van der Waals surface area contributed by atoms with Gasteiger partial charge in [-0.25, -0.2) is 0 Å². The number of carbonyl (C=O) groups excluding carboxylic acids is 1. The van der Waals surface area contributed by atoms with E-state index in [-0.39, 0.29) is 6.10 Å². The highest BCUT2D eigenvalue weighted by Crippen LogP contribution is 2.32. The van der Waals surface area contributed by atoms with E-state index in [1.54, 1.807) is 18.2 Å². The third-order valence-corrected chi connectivity index (χ3v) is 2.98. The molecule has 1 fully saturated rings. The van der Waals surface area contributed by atoms with Crippen molar-refractivity contribution in [2.75, 3.05) is 17.6 Å². The molecule has 17 heavy (non-hydrogen) atoms. The van der Waals surface area contributed by atoms with Gasteiger partial charge in [0, 0.05) is 17.9 Å². The van der Waals surface area contributed by atoms with Gasteiger partial charge in [-0.3, -0.25) is 4.79 Å². The molecule has 0 spiro atoms. The molecule has 1 aromatic rings. The first-order valence-corrected chi connectivity index (χ1v) is 5.69. The SMILES string of the molecule is NC(=O)c1ccc(N)cc1NCC(O)C1CC1. The van der Waals surface area contributed by atoms with Gasteiger partial charge in [0.1, 0.15) is 0 Å². The average Bonchev–Trinajstić information content (AvgIpc) is 3.09. The van der Waals surface area contributed by atoms with Gasteiger partial charge in [-0.15, -0.1) is 0 Å². The lowest BCUT2D eigenvalue weighted by molar-refractivity contribution is 0.100. The van der Waals surface area contributed by atoms with Gasteiger partial charge in [-0.1, -0.05) is 0 Å². The van der Waals surface area contributed by atoms with Crippen LogP contribution >= 0.6 is 0 Å². The van der Waals surface area contributed by atoms with Crippen LogP contribution in [0.15, 0.2) is 18.2 Å². The Balaban J connectivity index is 2.07. The Kier molecular flexibility index (Phi) is 3.19. The summed E-state index contributed by atoms with van der Waals surface area (Å²) >= 11 is 0. The van der Waals surface area contributed by atoms with E-state index in [1.165, 1.54) is 0 Å². The van der Waals surface area contributed by atoms with Gasteiger partial charge in [0.15, 0.2) is 0 Å². The number of nitrogens with two attached hydrogens (primary N) is 2. The first-order valence-electron chi connectivity index (χ1n) is 5.69. The van der Waals surface area contributed by atoms with Crippen molar-refractivity contribution in [2.45, 2.75) is 18.9 Å². The average molecular weight is 235 g/mol. The van der Waals surface area contributed by atoms with E-state index in [1.807, 2.05) is 0 Å². The number of amides is 1. The molecule has 0 bridgehead atoms. The molecule has 0 aromatic heterocycles. The topological polar surface area (TPSA) is 101 Å². The van der Waals surface area contributed by atoms with Crippen LogP contribution < -0.4 is 16.8 Å². The zero-order chi connectivity index (χ0) is 12.4. The number of aliphatic hydroxyl groups excluding tert-OH is 1. The molecule has 1 aliphatic rings. The number of anilines is 2. The van der Waals surface area contributed by atoms with Gasteiger partial charge in [0.2, 0.25) is 0 Å². The predicted octanol–water partition coefficient (Wildman–Crippen LogP) is 0.550. The lowest BCUT2D eigenvalue weighted by atomic mass is 10.1. The summed E-state index contributed by atoms with van der Waals surface area (Å²) in [7, 11) is 0. The number of carbonyl (C=O) groups is 1. The molecule has 1 amide bonds. The molecule has 1 saturated carbocycles. The van der Waals surface area contributed by atoms with E-state index >= 15 is 0 Å². The van der Waals surface area contributed by atoms with Gasteiger partial charge in [0.05, 0.1) is 11.7 Å². The third-order valence-electron chi connectivity index (χ3n) is 2.98. The molecule has 92 valence electrons. The second kappa shape index (κ2) is 4.63. The maximum Gasteiger partial charge on any atom is 0.250 e. The quantitative estimate of drug-likeness (QED) is 0.560. The maximum absolute atomic E-state index is 11.2. The molecule has 1 unspecified atom stereocenters. The summed E-state index contributed by atoms with van der Waals surface area (Å²) in [6.45, 7) is 0.411. The fourth-order valence-corrected chi connectivity index (χ4v) is 1.79. The minimum Gasteiger partial charge on any atom is -0.399 e. The number of aliphatic hydroxyl groups is 1. The van der Waals surface area contributed by atoms with Gasteiger partial charge >= 0.3 is 0 Å². The minimum atomic E-state index is -0.506. The molecule has 1 aromatic carbocycles. The van der Waals surface area contributed by atoms with Crippen LogP contribution in [0.5, 0.6) is 0 Å². The number of nitrogens with one attached hydrogen (secondary N) is 1. The Bertz CT molecular complexity index is 430. The standard InChI is InChI=1S/C12H17N3O2/c13-8-3-4-9(12(14)17)10(5-8)15-6-11(16)7-1-2-7/h3-5,7,11,15-16H,1-2,6,13H2,(H2,14,17). The molecule has 1 aliphatic carbocycles. The van der Waals surface area contributed by atoms with Crippen LogP contribution in [0.25, 0.3) is 0 Å². The zero-order valence-corrected chi connectivity index (χ0v) is 9.52. The minimum absolute atomic E-state index is 0.378. The van der Waals surface area contributed by atoms with Crippen molar-refractivity contribution >= 4 is 17.3 Å². The molecule has 0 aliphatic heterocycles. The molecule has 0 heterocycles. The van der Waals surface area contributed by atoms with E-state index in [2.05, 4.69) is 5.32 Å². The molecule has 0 saturated heterocycles. The summed E-state index contributed by atoms with van der Waals surface area (Å²) in [5.74, 6) is -0.117. The Morgan fingerprint density at radius 1 is 1.53 bits per heavy atom. The van der Waals surface area contributed by atoms with Crippen LogP contribution in [0.2, 0.25) is 0 Å². The van der Waals surface area contributed by atoms with Gasteiger partial charge < -0.3 is 21.9 Å². The summed E-state index contributed by atoms with van der Waals surface area (Å²) < 4.78 is 0. The van der Waals surface area contributed by atoms with Crippen LogP contribution in [-0.2, 0) is 0 Å². The van der Waals surface area contributed by atoms with Crippen LogP contribution in [0.4, 0.5) is 11.4 Å². The second-order valence-corrected chi connectivity index (χ2v) is 4.45. The van der Waals surface area contributed by atoms with Gasteiger partial charge in [-0.2, -0.15) is 0 Å². The Labute approximate surface area is 99.8 Å². The van der Waals surface area contributed by atoms with Gasteiger partial charge in [0.25, 0.3) is 5.91 Å². The number of rotatable bonds is 5. The molecular weight excluding hydrogens is 218 g/mol. The number of hydrogen-bond donors (Lipinski definition) is 4. The van der Waals surface area contributed by atoms with Crippen LogP contribution in [0.3, 0.4) is 0 Å². The molecule has 6 N–H and O–H groups in total. The van der Waals surface area contributed by atoms with Crippen molar-refractivity contribution < 1.29 is 9.90 Å². The summed E-state index contributed by atoms with van der Waals surface area (Å²) in [5.41, 5.74) is 12.4. The van der Waals surface area contributed by atoms with E-state index in [9.17, 15) is 9.90 Å². The van der Waals surface area contributed by atoms with Crippen molar-refractivity contribution in [2.24, 2.45) is 11.7 Å². The van der Waals surface area contributed by atoms with Crippen molar-refractivity contribution in [3.8, 4) is 0 Å². The highest BCUT2D eigenvalue weighted by atomic mass is 16.3. The van der Waals surface area contributed by atoms with Crippen LogP contribution in [0.1, 0.15) is 23.2 Å². The summed E-state index contributed by atoms with van der Waals surface area (Å²) in [6.07, 6.45) is 1.77. The van der Waals surface area contributed by atoms with Crippen LogP contribution in [0, 0.1) is 5.92 Å². The molecule has 5 nitrogen and oxygen atoms in total. The van der Waals surface area contributed by atoms with Crippen molar-refractivity contribution in [3.63, 3.8) is 0 Å². The molecule has 5 heteroatoms. The molecule has 2 rings (SSSR count).